The molecule has 0 bridgehead atoms. The Kier molecular flexibility index (Phi) is 8.65. The molecule has 1 aliphatic rings. The van der Waals surface area contributed by atoms with Gasteiger partial charge in [0.2, 0.25) is 0 Å². The molecule has 0 aliphatic heterocycles. The van der Waals surface area contributed by atoms with Gasteiger partial charge in [0, 0.05) is 22.7 Å². The van der Waals surface area contributed by atoms with Crippen LogP contribution in [0.1, 0.15) is 64.0 Å². The third kappa shape index (κ3) is 5.09. The number of halogens is 15. The Morgan fingerprint density at radius 3 is 1.49 bits per heavy atom. The molecule has 0 atom stereocenters. The number of rotatable bonds is 9. The Hall–Kier alpha value is -4.37. The first-order chi connectivity index (χ1) is 23.7. The van der Waals surface area contributed by atoms with Gasteiger partial charge >= 0.3 is 5.92 Å². The van der Waals surface area contributed by atoms with E-state index in [1.165, 1.54) is 13.8 Å². The molecule has 0 N–H and O–H groups in total. The molecule has 0 aromatic heterocycles. The fourth-order valence-electron chi connectivity index (χ4n) is 6.82. The molecule has 0 amide bonds. The molecule has 1 aliphatic carbocycles. The Morgan fingerprint density at radius 2 is 0.961 bits per heavy atom. The van der Waals surface area contributed by atoms with E-state index < -0.39 is 148 Å². The van der Waals surface area contributed by atoms with Crippen molar-refractivity contribution in [2.24, 2.45) is 5.41 Å². The van der Waals surface area contributed by atoms with E-state index in [1.807, 2.05) is 6.92 Å². The predicted molar refractivity (Wildman–Crippen MR) is 157 cm³/mol. The Labute approximate surface area is 278 Å². The van der Waals surface area contributed by atoms with Crippen LogP contribution in [0.5, 0.6) is 0 Å². The van der Waals surface area contributed by atoms with E-state index in [-0.39, 0.29) is 11.3 Å². The summed E-state index contributed by atoms with van der Waals surface area (Å²) in [6, 6.07) is 0. The van der Waals surface area contributed by atoms with Crippen LogP contribution in [-0.2, 0) is 5.92 Å². The van der Waals surface area contributed by atoms with Crippen molar-refractivity contribution in [2.45, 2.75) is 58.8 Å². The molecule has 0 spiro atoms. The van der Waals surface area contributed by atoms with Crippen molar-refractivity contribution in [2.75, 3.05) is 11.4 Å². The highest BCUT2D eigenvalue weighted by Crippen LogP contribution is 2.53. The largest absolute Gasteiger partial charge is 0.333 e. The fourth-order valence-corrected chi connectivity index (χ4v) is 6.82. The molecule has 271 valence electrons. The van der Waals surface area contributed by atoms with Gasteiger partial charge in [-0.05, 0) is 11.8 Å². The molecule has 5 aromatic carbocycles. The lowest BCUT2D eigenvalue weighted by Crippen LogP contribution is -2.34. The van der Waals surface area contributed by atoms with Crippen molar-refractivity contribution in [3.63, 3.8) is 0 Å². The highest BCUT2D eigenvalue weighted by molar-refractivity contribution is 6.26. The number of hydrogen-bond acceptors (Lipinski definition) is 1. The van der Waals surface area contributed by atoms with Gasteiger partial charge in [-0.1, -0.05) is 46.5 Å². The summed E-state index contributed by atoms with van der Waals surface area (Å²) >= 11 is 0. The highest BCUT2D eigenvalue weighted by Gasteiger charge is 2.49. The quantitative estimate of drug-likeness (QED) is 0.0478. The van der Waals surface area contributed by atoms with Crippen LogP contribution in [0.2, 0.25) is 0 Å². The topological polar surface area (TPSA) is 3.24 Å². The van der Waals surface area contributed by atoms with E-state index in [4.69, 9.17) is 0 Å². The molecule has 0 saturated heterocycles. The van der Waals surface area contributed by atoms with Crippen LogP contribution in [0.4, 0.5) is 77.2 Å². The zero-order chi connectivity index (χ0) is 37.8. The average Bonchev–Trinajstić information content (AvgIpc) is 3.30. The number of benzene rings is 5. The molecular weight excluding hydrogens is 719 g/mol. The summed E-state index contributed by atoms with van der Waals surface area (Å²) in [5.41, 5.74) is -9.32. The van der Waals surface area contributed by atoms with Crippen molar-refractivity contribution in [1.82, 2.24) is 0 Å². The van der Waals surface area contributed by atoms with Gasteiger partial charge in [0.05, 0.1) is 39.0 Å². The molecule has 0 fully saturated rings. The summed E-state index contributed by atoms with van der Waals surface area (Å²) < 4.78 is 231. The number of anilines is 2. The Bertz CT molecular complexity index is 2300. The number of alkyl halides is 2. The van der Waals surface area contributed by atoms with Gasteiger partial charge in [0.1, 0.15) is 11.5 Å². The molecule has 1 radical (unpaired) electrons. The van der Waals surface area contributed by atoms with Crippen LogP contribution in [0.15, 0.2) is 0 Å². The van der Waals surface area contributed by atoms with Gasteiger partial charge in [-0.15, -0.1) is 0 Å². The summed E-state index contributed by atoms with van der Waals surface area (Å²) in [4.78, 5) is -0.103. The van der Waals surface area contributed by atoms with Gasteiger partial charge in [-0.3, -0.25) is 0 Å². The first-order valence-electron chi connectivity index (χ1n) is 15.3. The van der Waals surface area contributed by atoms with Crippen LogP contribution in [0.3, 0.4) is 0 Å². The van der Waals surface area contributed by atoms with Crippen molar-refractivity contribution in [3.8, 4) is 0 Å². The van der Waals surface area contributed by atoms with E-state index in [9.17, 15) is 26.3 Å². The maximum Gasteiger partial charge on any atom is 0.305 e. The van der Waals surface area contributed by atoms with Crippen molar-refractivity contribution in [1.29, 1.82) is 0 Å². The predicted octanol–water partition coefficient (Wildman–Crippen LogP) is 12.6. The molecule has 0 heterocycles. The minimum atomic E-state index is -4.79. The van der Waals surface area contributed by atoms with Crippen LogP contribution >= 0.6 is 0 Å². The summed E-state index contributed by atoms with van der Waals surface area (Å²) in [5.74, 6) is -37.2. The molecule has 5 aromatic rings. The lowest BCUT2D eigenvalue weighted by molar-refractivity contribution is 0.0426. The summed E-state index contributed by atoms with van der Waals surface area (Å²) in [7, 11) is 0. The van der Waals surface area contributed by atoms with Gasteiger partial charge in [-0.2, -0.15) is 8.78 Å². The van der Waals surface area contributed by atoms with E-state index in [0.717, 1.165) is 12.5 Å². The lowest BCUT2D eigenvalue weighted by atomic mass is 9.85. The Morgan fingerprint density at radius 1 is 0.510 bits per heavy atom. The fraction of sp³-hybridized carbons (Fsp3) is 0.314. The van der Waals surface area contributed by atoms with E-state index in [1.54, 1.807) is 0 Å². The van der Waals surface area contributed by atoms with Crippen molar-refractivity contribution < 1.29 is 65.9 Å². The molecular formula is C35H21F15N. The van der Waals surface area contributed by atoms with Gasteiger partial charge in [0.15, 0.2) is 69.8 Å². The third-order valence-corrected chi connectivity index (χ3v) is 9.13. The molecule has 1 nitrogen and oxygen atoms in total. The number of unbranched alkanes of at least 4 members (excludes halogenated alkanes) is 3. The van der Waals surface area contributed by atoms with Crippen molar-refractivity contribution >= 4 is 49.5 Å². The summed E-state index contributed by atoms with van der Waals surface area (Å²) in [6.07, 6.45) is 3.16. The lowest BCUT2D eigenvalue weighted by Gasteiger charge is -2.36. The van der Waals surface area contributed by atoms with Crippen LogP contribution < -0.4 is 4.90 Å². The van der Waals surface area contributed by atoms with E-state index in [0.29, 0.717) is 19.3 Å². The Balaban J connectivity index is 1.82. The first kappa shape index (κ1) is 36.4. The maximum atomic E-state index is 16.4. The highest BCUT2D eigenvalue weighted by atomic mass is 19.3. The SMILES string of the molecule is CCCCCCC(C)(C)CN(c1c(F)c(F)c2c(c1F)C(F)(F)[C]=C2F)c1c(F)c(F)c2c(F)c(F)c3c(F)c(F)c(F)c4c(F)c(F)c1c2c34. The molecule has 16 heteroatoms. The second-order valence-electron chi connectivity index (χ2n) is 13.0. The number of fused-ring (bicyclic) bond motifs is 1. The number of allylic oxidation sites excluding steroid dienone is 1. The van der Waals surface area contributed by atoms with Crippen LogP contribution in [-0.4, -0.2) is 6.54 Å². The first-order valence-corrected chi connectivity index (χ1v) is 15.3. The monoisotopic (exact) mass is 740 g/mol. The van der Waals surface area contributed by atoms with Gasteiger partial charge in [-0.25, -0.2) is 57.1 Å². The summed E-state index contributed by atoms with van der Waals surface area (Å²) in [6.45, 7) is 3.47. The van der Waals surface area contributed by atoms with E-state index in [2.05, 4.69) is 0 Å². The van der Waals surface area contributed by atoms with Crippen LogP contribution in [0.25, 0.3) is 38.1 Å². The van der Waals surface area contributed by atoms with Gasteiger partial charge in [0.25, 0.3) is 0 Å². The molecule has 0 unspecified atom stereocenters. The zero-order valence-corrected chi connectivity index (χ0v) is 26.4. The normalized spacial score (nSPS) is 14.4. The maximum absolute atomic E-state index is 16.4. The smallest absolute Gasteiger partial charge is 0.305 e. The summed E-state index contributed by atoms with van der Waals surface area (Å²) in [5, 5.41) is -10.6. The molecule has 51 heavy (non-hydrogen) atoms. The number of nitrogens with zero attached hydrogens (tertiary/aromatic N) is 1. The average molecular weight is 741 g/mol. The minimum absolute atomic E-state index is 0.0442. The molecule has 0 saturated carbocycles. The van der Waals surface area contributed by atoms with Crippen molar-refractivity contribution in [3.05, 3.63) is 87.0 Å². The second kappa shape index (κ2) is 12.1. The third-order valence-electron chi connectivity index (χ3n) is 9.13. The minimum Gasteiger partial charge on any atom is -0.333 e. The van der Waals surface area contributed by atoms with Gasteiger partial charge < -0.3 is 4.90 Å². The standard InChI is InChI=1S/C35H21F15N/c1-4-5-6-7-8-34(2,3)10-51(33-28(45)19-12(20(37)31(33)48)11(36)9-35(19,49)50)32-18-14-13-15(21(38)22(39)17(14)26(43)30(32)47)24(41)29(46)25(42)16(13)23(40)27(18)44/h4-8,10H2,1-3H3. The second-order valence-corrected chi connectivity index (χ2v) is 13.0. The number of hydrogen-bond donors (Lipinski definition) is 0. The van der Waals surface area contributed by atoms with Crippen LogP contribution in [0, 0.1) is 81.3 Å². The van der Waals surface area contributed by atoms with E-state index >= 15 is 39.5 Å². The molecule has 6 rings (SSSR count). The zero-order valence-electron chi connectivity index (χ0n) is 26.4.